The molecule has 0 saturated carbocycles. The van der Waals surface area contributed by atoms with Crippen molar-refractivity contribution in [2.45, 2.75) is 95.7 Å². The third-order valence-corrected chi connectivity index (χ3v) is 12.5. The largest absolute Gasteiger partial charge is 0.390 e. The first-order chi connectivity index (χ1) is 21.2. The van der Waals surface area contributed by atoms with E-state index in [-0.39, 0.29) is 11.8 Å². The monoisotopic (exact) mass is 620 g/mol. The molecule has 4 atom stereocenters. The SMILES string of the molecule is C=C[C@@H](C#CC#C[C@@H](O)[C@H](O)[C@@H](CCCCCCC)OCOCCOC)O[Si](c1ccccc1)(c1ccccc1)C(C)(C)C. The highest BCUT2D eigenvalue weighted by Crippen LogP contribution is 2.37. The van der Waals surface area contributed by atoms with Crippen molar-refractivity contribution in [2.75, 3.05) is 27.1 Å². The average Bonchev–Trinajstić information content (AvgIpc) is 3.03. The van der Waals surface area contributed by atoms with Crippen LogP contribution in [0.1, 0.15) is 66.2 Å². The highest BCUT2D eigenvalue weighted by atomic mass is 28.4. The molecule has 0 aliphatic carbocycles. The number of ether oxygens (including phenoxy) is 3. The molecule has 240 valence electrons. The predicted molar refractivity (Wildman–Crippen MR) is 181 cm³/mol. The lowest BCUT2D eigenvalue weighted by Crippen LogP contribution is -2.67. The topological polar surface area (TPSA) is 77.4 Å². The van der Waals surface area contributed by atoms with Gasteiger partial charge in [0.1, 0.15) is 25.1 Å². The Kier molecular flexibility index (Phi) is 17.3. The first kappa shape index (κ1) is 37.5. The molecular formula is C37H52O6Si. The molecule has 0 saturated heterocycles. The van der Waals surface area contributed by atoms with Gasteiger partial charge in [-0.3, -0.25) is 0 Å². The number of hydrogen-bond acceptors (Lipinski definition) is 6. The van der Waals surface area contributed by atoms with Gasteiger partial charge in [-0.15, -0.1) is 0 Å². The third kappa shape index (κ3) is 11.7. The van der Waals surface area contributed by atoms with Crippen LogP contribution in [0, 0.1) is 23.7 Å². The van der Waals surface area contributed by atoms with Gasteiger partial charge in [-0.2, -0.15) is 0 Å². The zero-order valence-electron chi connectivity index (χ0n) is 27.3. The van der Waals surface area contributed by atoms with Crippen LogP contribution in [-0.4, -0.2) is 70.1 Å². The summed E-state index contributed by atoms with van der Waals surface area (Å²) < 4.78 is 23.2. The van der Waals surface area contributed by atoms with Gasteiger partial charge in [0.25, 0.3) is 8.32 Å². The molecule has 0 aliphatic rings. The summed E-state index contributed by atoms with van der Waals surface area (Å²) in [6.45, 7) is 13.6. The minimum atomic E-state index is -2.84. The van der Waals surface area contributed by atoms with Gasteiger partial charge in [0.05, 0.1) is 19.3 Å². The fourth-order valence-corrected chi connectivity index (χ4v) is 9.71. The lowest BCUT2D eigenvalue weighted by Gasteiger charge is -2.44. The Hall–Kier alpha value is -2.72. The molecule has 44 heavy (non-hydrogen) atoms. The van der Waals surface area contributed by atoms with Crippen LogP contribution in [0.5, 0.6) is 0 Å². The summed E-state index contributed by atoms with van der Waals surface area (Å²) >= 11 is 0. The van der Waals surface area contributed by atoms with E-state index in [2.05, 4.69) is 82.2 Å². The van der Waals surface area contributed by atoms with Gasteiger partial charge in [0, 0.05) is 7.11 Å². The highest BCUT2D eigenvalue weighted by Gasteiger charge is 2.51. The Balaban J connectivity index is 2.22. The van der Waals surface area contributed by atoms with Gasteiger partial charge < -0.3 is 28.8 Å². The van der Waals surface area contributed by atoms with Crippen molar-refractivity contribution in [3.63, 3.8) is 0 Å². The van der Waals surface area contributed by atoms with Gasteiger partial charge in [0.15, 0.2) is 0 Å². The summed E-state index contributed by atoms with van der Waals surface area (Å²) in [5, 5.41) is 23.7. The standard InChI is InChI=1S/C37H52O6Si/c1-7-9-10-11-18-27-35(42-30-41-29-28-40-6)36(39)34(38)26-20-19-21-31(8-2)43-44(37(3,4)5,32-22-14-12-15-23-32)33-24-16-13-17-25-33/h8,12-17,22-25,31,34-36,38-39H,2,7,9-11,18,27-30H2,1,3-6H3/t31-,34+,35+,36-/m0/s1. The Bertz CT molecular complexity index is 1140. The number of benzene rings is 2. The molecule has 7 heteroatoms. The van der Waals surface area contributed by atoms with E-state index in [0.717, 1.165) is 36.1 Å². The number of aliphatic hydroxyl groups excluding tert-OH is 2. The molecule has 2 aromatic rings. The number of rotatable bonds is 19. The lowest BCUT2D eigenvalue weighted by molar-refractivity contribution is -0.145. The molecule has 2 N–H and O–H groups in total. The van der Waals surface area contributed by atoms with E-state index >= 15 is 0 Å². The molecular weight excluding hydrogens is 568 g/mol. The van der Waals surface area contributed by atoms with Crippen LogP contribution in [0.4, 0.5) is 0 Å². The first-order valence-electron chi connectivity index (χ1n) is 15.7. The van der Waals surface area contributed by atoms with Crippen molar-refractivity contribution in [3.05, 3.63) is 73.3 Å². The quantitative estimate of drug-likeness (QED) is 0.0738. The second-order valence-corrected chi connectivity index (χ2v) is 16.1. The Labute approximate surface area is 266 Å². The Morgan fingerprint density at radius 1 is 0.864 bits per heavy atom. The van der Waals surface area contributed by atoms with Gasteiger partial charge in [-0.1, -0.05) is 145 Å². The summed E-state index contributed by atoms with van der Waals surface area (Å²) in [7, 11) is -1.24. The minimum absolute atomic E-state index is 0.000594. The number of methoxy groups -OCH3 is 1. The van der Waals surface area contributed by atoms with E-state index in [1.54, 1.807) is 13.2 Å². The third-order valence-electron chi connectivity index (χ3n) is 7.53. The summed E-state index contributed by atoms with van der Waals surface area (Å²) in [5.74, 6) is 11.3. The fourth-order valence-electron chi connectivity index (χ4n) is 5.16. The van der Waals surface area contributed by atoms with E-state index in [0.29, 0.717) is 19.6 Å². The van der Waals surface area contributed by atoms with Crippen LogP contribution in [0.25, 0.3) is 0 Å². The molecule has 2 aromatic carbocycles. The molecule has 0 unspecified atom stereocenters. The van der Waals surface area contributed by atoms with Crippen molar-refractivity contribution in [1.82, 2.24) is 0 Å². The van der Waals surface area contributed by atoms with Crippen molar-refractivity contribution < 1.29 is 28.8 Å². The van der Waals surface area contributed by atoms with Crippen molar-refractivity contribution in [2.24, 2.45) is 0 Å². The molecule has 0 aliphatic heterocycles. The molecule has 2 rings (SSSR count). The van der Waals surface area contributed by atoms with Gasteiger partial charge >= 0.3 is 0 Å². The molecule has 0 aromatic heterocycles. The molecule has 0 heterocycles. The smallest absolute Gasteiger partial charge is 0.263 e. The summed E-state index contributed by atoms with van der Waals surface area (Å²) in [5.41, 5.74) is 0. The second-order valence-electron chi connectivity index (χ2n) is 11.8. The van der Waals surface area contributed by atoms with Crippen LogP contribution in [0.2, 0.25) is 5.04 Å². The normalized spacial score (nSPS) is 14.3. The summed E-state index contributed by atoms with van der Waals surface area (Å²) in [4.78, 5) is 0. The van der Waals surface area contributed by atoms with E-state index in [1.165, 1.54) is 6.42 Å². The maximum Gasteiger partial charge on any atom is 0.263 e. The van der Waals surface area contributed by atoms with Crippen molar-refractivity contribution >= 4 is 18.7 Å². The van der Waals surface area contributed by atoms with Gasteiger partial charge in [-0.25, -0.2) is 0 Å². The minimum Gasteiger partial charge on any atom is -0.390 e. The molecule has 0 amide bonds. The van der Waals surface area contributed by atoms with Gasteiger partial charge in [0.2, 0.25) is 0 Å². The van der Waals surface area contributed by atoms with Crippen LogP contribution in [0.15, 0.2) is 73.3 Å². The van der Waals surface area contributed by atoms with E-state index < -0.39 is 32.7 Å². The van der Waals surface area contributed by atoms with Crippen LogP contribution < -0.4 is 10.4 Å². The van der Waals surface area contributed by atoms with Crippen molar-refractivity contribution in [1.29, 1.82) is 0 Å². The number of hydrogen-bond donors (Lipinski definition) is 2. The molecule has 0 radical (unpaired) electrons. The number of aliphatic hydroxyl groups is 2. The average molecular weight is 621 g/mol. The van der Waals surface area contributed by atoms with E-state index in [9.17, 15) is 10.2 Å². The second kappa shape index (κ2) is 20.3. The molecule has 0 bridgehead atoms. The molecule has 6 nitrogen and oxygen atoms in total. The zero-order chi connectivity index (χ0) is 32.3. The highest BCUT2D eigenvalue weighted by molar-refractivity contribution is 6.99. The molecule has 0 spiro atoms. The maximum atomic E-state index is 10.9. The Morgan fingerprint density at radius 2 is 1.45 bits per heavy atom. The van der Waals surface area contributed by atoms with Crippen molar-refractivity contribution in [3.8, 4) is 23.7 Å². The lowest BCUT2D eigenvalue weighted by atomic mass is 10.0. The fraction of sp³-hybridized carbons (Fsp3) is 0.514. The van der Waals surface area contributed by atoms with Gasteiger partial charge in [-0.05, 0) is 33.7 Å². The first-order valence-corrected chi connectivity index (χ1v) is 17.6. The summed E-state index contributed by atoms with van der Waals surface area (Å²) in [6.07, 6.45) is 3.90. The van der Waals surface area contributed by atoms with E-state index in [1.807, 2.05) is 36.4 Å². The zero-order valence-corrected chi connectivity index (χ0v) is 28.3. The summed E-state index contributed by atoms with van der Waals surface area (Å²) in [6, 6.07) is 20.7. The van der Waals surface area contributed by atoms with Crippen LogP contribution in [0.3, 0.4) is 0 Å². The predicted octanol–water partition coefficient (Wildman–Crippen LogP) is 5.21. The maximum absolute atomic E-state index is 10.9. The number of unbranched alkanes of at least 4 members (excludes halogenated alkanes) is 4. The van der Waals surface area contributed by atoms with E-state index in [4.69, 9.17) is 18.6 Å². The molecule has 0 fully saturated rings. The van der Waals surface area contributed by atoms with Crippen LogP contribution in [-0.2, 0) is 18.6 Å². The van der Waals surface area contributed by atoms with Crippen LogP contribution >= 0.6 is 0 Å². The Morgan fingerprint density at radius 3 is 2.00 bits per heavy atom.